The van der Waals surface area contributed by atoms with Crippen molar-refractivity contribution in [2.45, 2.75) is 13.3 Å². The first-order valence-electron chi connectivity index (χ1n) is 5.85. The third-order valence-electron chi connectivity index (χ3n) is 2.51. The lowest BCUT2D eigenvalue weighted by Crippen LogP contribution is -1.92. The molecule has 0 saturated heterocycles. The van der Waals surface area contributed by atoms with E-state index in [4.69, 9.17) is 9.47 Å². The number of ether oxygens (including phenoxy) is 2. The largest absolute Gasteiger partial charge is 0.497 e. The number of hydrogen-bond acceptors (Lipinski definition) is 6. The first-order valence-corrected chi connectivity index (χ1v) is 6.67. The third-order valence-corrected chi connectivity index (χ3v) is 3.49. The van der Waals surface area contributed by atoms with Crippen LogP contribution in [-0.4, -0.2) is 30.6 Å². The molecule has 19 heavy (non-hydrogen) atoms. The first kappa shape index (κ1) is 13.5. The van der Waals surface area contributed by atoms with Gasteiger partial charge in [0.25, 0.3) is 0 Å². The summed E-state index contributed by atoms with van der Waals surface area (Å²) >= 11 is 1.49. The minimum Gasteiger partial charge on any atom is -0.497 e. The van der Waals surface area contributed by atoms with Gasteiger partial charge in [-0.25, -0.2) is 4.99 Å². The number of rotatable bonds is 5. The minimum atomic E-state index is 0.648. The lowest BCUT2D eigenvalue weighted by molar-refractivity contribution is 0.394. The number of nitrogens with zero attached hydrogens (tertiary/aromatic N) is 3. The molecule has 0 aliphatic heterocycles. The van der Waals surface area contributed by atoms with Crippen molar-refractivity contribution in [2.24, 2.45) is 4.99 Å². The van der Waals surface area contributed by atoms with Gasteiger partial charge >= 0.3 is 0 Å². The van der Waals surface area contributed by atoms with Crippen LogP contribution in [0.5, 0.6) is 11.5 Å². The molecule has 1 heterocycles. The predicted molar refractivity (Wildman–Crippen MR) is 76.1 cm³/mol. The quantitative estimate of drug-likeness (QED) is 0.789. The molecule has 2 aromatic rings. The van der Waals surface area contributed by atoms with Crippen molar-refractivity contribution in [2.75, 3.05) is 14.2 Å². The van der Waals surface area contributed by atoms with Crippen LogP contribution in [0.2, 0.25) is 0 Å². The Hall–Kier alpha value is -1.95. The summed E-state index contributed by atoms with van der Waals surface area (Å²) in [6.45, 7) is 2.04. The lowest BCUT2D eigenvalue weighted by Gasteiger charge is -2.06. The number of aliphatic imine (C=N–C) groups is 1. The van der Waals surface area contributed by atoms with Crippen molar-refractivity contribution in [3.63, 3.8) is 0 Å². The molecule has 0 aliphatic carbocycles. The van der Waals surface area contributed by atoms with Gasteiger partial charge < -0.3 is 9.47 Å². The minimum absolute atomic E-state index is 0.648. The van der Waals surface area contributed by atoms with Crippen molar-refractivity contribution < 1.29 is 9.47 Å². The Labute approximate surface area is 115 Å². The smallest absolute Gasteiger partial charge is 0.231 e. The van der Waals surface area contributed by atoms with E-state index in [0.717, 1.165) is 22.7 Å². The molecule has 0 atom stereocenters. The average Bonchev–Trinajstić information content (AvgIpc) is 2.92. The molecule has 100 valence electrons. The molecular formula is C13H15N3O2S. The fourth-order valence-corrected chi connectivity index (χ4v) is 2.11. The van der Waals surface area contributed by atoms with Crippen LogP contribution in [0.3, 0.4) is 0 Å². The standard InChI is InChI=1S/C13H15N3O2S/c1-4-12-15-16-13(19-12)14-8-9-5-6-10(17-2)7-11(9)18-3/h5-8H,4H2,1-3H3/b14-8+. The van der Waals surface area contributed by atoms with Gasteiger partial charge in [0, 0.05) is 17.8 Å². The summed E-state index contributed by atoms with van der Waals surface area (Å²) in [5.41, 5.74) is 0.872. The summed E-state index contributed by atoms with van der Waals surface area (Å²) in [4.78, 5) is 4.31. The van der Waals surface area contributed by atoms with Crippen molar-refractivity contribution in [3.8, 4) is 11.5 Å². The fourth-order valence-electron chi connectivity index (χ4n) is 1.49. The molecule has 0 spiro atoms. The lowest BCUT2D eigenvalue weighted by atomic mass is 10.2. The van der Waals surface area contributed by atoms with Crippen molar-refractivity contribution in [3.05, 3.63) is 28.8 Å². The Bertz CT molecular complexity index is 581. The Morgan fingerprint density at radius 2 is 2.11 bits per heavy atom. The van der Waals surface area contributed by atoms with Crippen LogP contribution in [0.15, 0.2) is 23.2 Å². The zero-order chi connectivity index (χ0) is 13.7. The van der Waals surface area contributed by atoms with Gasteiger partial charge in [0.05, 0.1) is 14.2 Å². The van der Waals surface area contributed by atoms with E-state index in [-0.39, 0.29) is 0 Å². The van der Waals surface area contributed by atoms with E-state index in [1.54, 1.807) is 20.4 Å². The van der Waals surface area contributed by atoms with Gasteiger partial charge in [-0.2, -0.15) is 0 Å². The molecule has 2 rings (SSSR count). The molecular weight excluding hydrogens is 262 g/mol. The van der Waals surface area contributed by atoms with Gasteiger partial charge in [0.15, 0.2) is 0 Å². The predicted octanol–water partition coefficient (Wildman–Crippen LogP) is 2.87. The molecule has 5 nitrogen and oxygen atoms in total. The molecule has 0 saturated carbocycles. The van der Waals surface area contributed by atoms with E-state index in [1.165, 1.54) is 11.3 Å². The second-order valence-corrected chi connectivity index (χ2v) is 4.74. The highest BCUT2D eigenvalue weighted by Crippen LogP contribution is 2.24. The molecule has 0 amide bonds. The molecule has 0 bridgehead atoms. The van der Waals surface area contributed by atoms with Gasteiger partial charge in [-0.05, 0) is 18.6 Å². The molecule has 0 fully saturated rings. The van der Waals surface area contributed by atoms with Gasteiger partial charge in [0.1, 0.15) is 16.5 Å². The fraction of sp³-hybridized carbons (Fsp3) is 0.308. The van der Waals surface area contributed by atoms with E-state index >= 15 is 0 Å². The van der Waals surface area contributed by atoms with Crippen LogP contribution >= 0.6 is 11.3 Å². The van der Waals surface area contributed by atoms with E-state index in [1.807, 2.05) is 25.1 Å². The molecule has 1 aromatic heterocycles. The van der Waals surface area contributed by atoms with Gasteiger partial charge in [-0.15, -0.1) is 10.2 Å². The van der Waals surface area contributed by atoms with E-state index in [0.29, 0.717) is 10.9 Å². The van der Waals surface area contributed by atoms with Crippen molar-refractivity contribution in [1.82, 2.24) is 10.2 Å². The van der Waals surface area contributed by atoms with Crippen LogP contribution in [0, 0.1) is 0 Å². The molecule has 0 radical (unpaired) electrons. The summed E-state index contributed by atoms with van der Waals surface area (Å²) < 4.78 is 10.4. The van der Waals surface area contributed by atoms with Crippen molar-refractivity contribution >= 4 is 22.7 Å². The average molecular weight is 277 g/mol. The highest BCUT2D eigenvalue weighted by atomic mass is 32.1. The topological polar surface area (TPSA) is 56.6 Å². The maximum Gasteiger partial charge on any atom is 0.231 e. The summed E-state index contributed by atoms with van der Waals surface area (Å²) in [5, 5.41) is 9.65. The van der Waals surface area contributed by atoms with E-state index in [9.17, 15) is 0 Å². The van der Waals surface area contributed by atoms with Crippen LogP contribution < -0.4 is 9.47 Å². The Balaban J connectivity index is 2.22. The van der Waals surface area contributed by atoms with Crippen LogP contribution in [0.25, 0.3) is 0 Å². The monoisotopic (exact) mass is 277 g/mol. The third kappa shape index (κ3) is 3.29. The number of aromatic nitrogens is 2. The number of aryl methyl sites for hydroxylation is 1. The zero-order valence-electron chi connectivity index (χ0n) is 11.1. The van der Waals surface area contributed by atoms with Crippen molar-refractivity contribution in [1.29, 1.82) is 0 Å². The summed E-state index contributed by atoms with van der Waals surface area (Å²) in [7, 11) is 3.24. The summed E-state index contributed by atoms with van der Waals surface area (Å²) in [6, 6.07) is 5.57. The zero-order valence-corrected chi connectivity index (χ0v) is 11.9. The first-order chi connectivity index (χ1) is 9.26. The molecule has 6 heteroatoms. The van der Waals surface area contributed by atoms with Crippen LogP contribution in [0.4, 0.5) is 5.13 Å². The van der Waals surface area contributed by atoms with E-state index < -0.39 is 0 Å². The Kier molecular flexibility index (Phi) is 4.46. The normalized spacial score (nSPS) is 10.9. The second-order valence-electron chi connectivity index (χ2n) is 3.70. The highest BCUT2D eigenvalue weighted by molar-refractivity contribution is 7.14. The maximum absolute atomic E-state index is 5.30. The van der Waals surface area contributed by atoms with Gasteiger partial charge in [-0.3, -0.25) is 0 Å². The number of benzene rings is 1. The molecule has 1 aromatic carbocycles. The van der Waals surface area contributed by atoms with Crippen LogP contribution in [-0.2, 0) is 6.42 Å². The maximum atomic E-state index is 5.30. The number of methoxy groups -OCH3 is 2. The molecule has 0 N–H and O–H groups in total. The summed E-state index contributed by atoms with van der Waals surface area (Å²) in [6.07, 6.45) is 2.59. The van der Waals surface area contributed by atoms with Crippen LogP contribution in [0.1, 0.15) is 17.5 Å². The van der Waals surface area contributed by atoms with Gasteiger partial charge in [-0.1, -0.05) is 18.3 Å². The SMILES string of the molecule is CCc1nnc(/N=C/c2ccc(OC)cc2OC)s1. The van der Waals surface area contributed by atoms with E-state index in [2.05, 4.69) is 15.2 Å². The summed E-state index contributed by atoms with van der Waals surface area (Å²) in [5.74, 6) is 1.46. The molecule has 0 aliphatic rings. The van der Waals surface area contributed by atoms with Gasteiger partial charge in [0.2, 0.25) is 5.13 Å². The Morgan fingerprint density at radius 3 is 2.74 bits per heavy atom. The highest BCUT2D eigenvalue weighted by Gasteiger charge is 2.04. The number of hydrogen-bond donors (Lipinski definition) is 0. The second kappa shape index (κ2) is 6.29. The Morgan fingerprint density at radius 1 is 1.26 bits per heavy atom. The molecule has 0 unspecified atom stereocenters.